The van der Waals surface area contributed by atoms with E-state index in [1.54, 1.807) is 12.2 Å². The monoisotopic (exact) mass is 182 g/mol. The second-order valence-corrected chi connectivity index (χ2v) is 3.27. The summed E-state index contributed by atoms with van der Waals surface area (Å²) in [5.41, 5.74) is 0. The zero-order valence-electron chi connectivity index (χ0n) is 8.42. The molecule has 0 bridgehead atoms. The molecule has 0 aromatic rings. The van der Waals surface area contributed by atoms with E-state index >= 15 is 0 Å². The average Bonchev–Trinajstić information content (AvgIpc) is 2.59. The van der Waals surface area contributed by atoms with Gasteiger partial charge in [-0.1, -0.05) is 6.08 Å². The van der Waals surface area contributed by atoms with Crippen molar-refractivity contribution in [3.63, 3.8) is 0 Å². The van der Waals surface area contributed by atoms with Gasteiger partial charge in [-0.3, -0.25) is 4.79 Å². The van der Waals surface area contributed by atoms with Crippen molar-refractivity contribution < 1.29 is 4.79 Å². The first-order chi connectivity index (χ1) is 6.29. The molecule has 3 heteroatoms. The first kappa shape index (κ1) is 10.3. The second-order valence-electron chi connectivity index (χ2n) is 3.27. The number of nitrogens with zero attached hydrogens (tertiary/aromatic N) is 1. The Morgan fingerprint density at radius 1 is 1.69 bits per heavy atom. The molecule has 0 spiro atoms. The molecule has 1 rings (SSSR count). The van der Waals surface area contributed by atoms with Crippen LogP contribution in [-0.4, -0.2) is 36.5 Å². The summed E-state index contributed by atoms with van der Waals surface area (Å²) in [6, 6.07) is 0.397. The predicted molar refractivity (Wildman–Crippen MR) is 53.5 cm³/mol. The summed E-state index contributed by atoms with van der Waals surface area (Å²) in [5.74, 6) is 0.138. The SMILES string of the molecule is C/C=C/C(=O)N(CC)C1CCNC1. The quantitative estimate of drug-likeness (QED) is 0.654. The third kappa shape index (κ3) is 2.56. The van der Waals surface area contributed by atoms with Crippen molar-refractivity contribution in [1.29, 1.82) is 0 Å². The zero-order valence-corrected chi connectivity index (χ0v) is 8.42. The van der Waals surface area contributed by atoms with Crippen LogP contribution in [0, 0.1) is 0 Å². The molecule has 0 aromatic carbocycles. The van der Waals surface area contributed by atoms with Gasteiger partial charge in [-0.15, -0.1) is 0 Å². The van der Waals surface area contributed by atoms with Crippen LogP contribution >= 0.6 is 0 Å². The maximum Gasteiger partial charge on any atom is 0.246 e. The largest absolute Gasteiger partial charge is 0.335 e. The van der Waals surface area contributed by atoms with E-state index in [0.29, 0.717) is 6.04 Å². The summed E-state index contributed by atoms with van der Waals surface area (Å²) >= 11 is 0. The number of hydrogen-bond donors (Lipinski definition) is 1. The van der Waals surface area contributed by atoms with Gasteiger partial charge in [0.1, 0.15) is 0 Å². The van der Waals surface area contributed by atoms with Crippen molar-refractivity contribution in [2.45, 2.75) is 26.3 Å². The van der Waals surface area contributed by atoms with Crippen LogP contribution < -0.4 is 5.32 Å². The molecule has 1 aliphatic heterocycles. The Balaban J connectivity index is 2.54. The molecule has 1 amide bonds. The third-order valence-corrected chi connectivity index (χ3v) is 2.41. The van der Waals surface area contributed by atoms with Gasteiger partial charge in [0.15, 0.2) is 0 Å². The molecule has 0 aromatic heterocycles. The van der Waals surface area contributed by atoms with Crippen LogP contribution in [0.3, 0.4) is 0 Å². The van der Waals surface area contributed by atoms with E-state index in [9.17, 15) is 4.79 Å². The molecule has 3 nitrogen and oxygen atoms in total. The van der Waals surface area contributed by atoms with E-state index in [4.69, 9.17) is 0 Å². The zero-order chi connectivity index (χ0) is 9.68. The Bertz CT molecular complexity index is 195. The lowest BCUT2D eigenvalue weighted by Gasteiger charge is -2.25. The standard InChI is InChI=1S/C10H18N2O/c1-3-5-10(13)12(4-2)9-6-7-11-8-9/h3,5,9,11H,4,6-8H2,1-2H3/b5-3+. The van der Waals surface area contributed by atoms with Gasteiger partial charge in [-0.2, -0.15) is 0 Å². The van der Waals surface area contributed by atoms with Gasteiger partial charge in [0, 0.05) is 19.1 Å². The Kier molecular flexibility index (Phi) is 3.96. The van der Waals surface area contributed by atoms with E-state index in [0.717, 1.165) is 26.1 Å². The van der Waals surface area contributed by atoms with Crippen LogP contribution in [0.25, 0.3) is 0 Å². The normalized spacial score (nSPS) is 22.5. The lowest BCUT2D eigenvalue weighted by Crippen LogP contribution is -2.40. The number of carbonyl (C=O) groups excluding carboxylic acids is 1. The number of amides is 1. The summed E-state index contributed by atoms with van der Waals surface area (Å²) in [5, 5.41) is 3.27. The van der Waals surface area contributed by atoms with Gasteiger partial charge in [0.2, 0.25) is 5.91 Å². The third-order valence-electron chi connectivity index (χ3n) is 2.41. The van der Waals surface area contributed by atoms with Gasteiger partial charge in [-0.25, -0.2) is 0 Å². The van der Waals surface area contributed by atoms with E-state index in [2.05, 4.69) is 5.32 Å². The van der Waals surface area contributed by atoms with Crippen LogP contribution in [0.5, 0.6) is 0 Å². The van der Waals surface area contributed by atoms with Crippen molar-refractivity contribution in [1.82, 2.24) is 10.2 Å². The lowest BCUT2D eigenvalue weighted by molar-refractivity contribution is -0.127. The molecule has 1 aliphatic rings. The fraction of sp³-hybridized carbons (Fsp3) is 0.700. The average molecular weight is 182 g/mol. The number of rotatable bonds is 3. The Morgan fingerprint density at radius 3 is 2.92 bits per heavy atom. The summed E-state index contributed by atoms with van der Waals surface area (Å²) < 4.78 is 0. The van der Waals surface area contributed by atoms with Crippen molar-refractivity contribution in [2.24, 2.45) is 0 Å². The van der Waals surface area contributed by atoms with Crippen molar-refractivity contribution >= 4 is 5.91 Å². The first-order valence-electron chi connectivity index (χ1n) is 4.93. The summed E-state index contributed by atoms with van der Waals surface area (Å²) in [4.78, 5) is 13.5. The molecule has 1 atom stereocenters. The molecule has 1 N–H and O–H groups in total. The molecule has 1 unspecified atom stereocenters. The van der Waals surface area contributed by atoms with E-state index in [1.807, 2.05) is 18.7 Å². The van der Waals surface area contributed by atoms with Crippen LogP contribution in [0.2, 0.25) is 0 Å². The number of likely N-dealkylation sites (N-methyl/N-ethyl adjacent to an activating group) is 1. The van der Waals surface area contributed by atoms with Gasteiger partial charge in [-0.05, 0) is 32.9 Å². The van der Waals surface area contributed by atoms with Gasteiger partial charge in [0.25, 0.3) is 0 Å². The van der Waals surface area contributed by atoms with Crippen LogP contribution in [0.4, 0.5) is 0 Å². The molecule has 0 radical (unpaired) electrons. The molecule has 1 fully saturated rings. The molecule has 1 heterocycles. The highest BCUT2D eigenvalue weighted by molar-refractivity contribution is 5.87. The summed E-state index contributed by atoms with van der Waals surface area (Å²) in [7, 11) is 0. The highest BCUT2D eigenvalue weighted by Crippen LogP contribution is 2.08. The maximum atomic E-state index is 11.6. The number of carbonyl (C=O) groups is 1. The molecule has 74 valence electrons. The number of nitrogens with one attached hydrogen (secondary N) is 1. The van der Waals surface area contributed by atoms with Crippen molar-refractivity contribution in [3.8, 4) is 0 Å². The highest BCUT2D eigenvalue weighted by Gasteiger charge is 2.23. The number of allylic oxidation sites excluding steroid dienone is 1. The van der Waals surface area contributed by atoms with E-state index in [-0.39, 0.29) is 5.91 Å². The molecule has 13 heavy (non-hydrogen) atoms. The van der Waals surface area contributed by atoms with Gasteiger partial charge < -0.3 is 10.2 Å². The second kappa shape index (κ2) is 5.02. The maximum absolute atomic E-state index is 11.6. The number of hydrogen-bond acceptors (Lipinski definition) is 2. The minimum atomic E-state index is 0.138. The molecule has 0 saturated carbocycles. The smallest absolute Gasteiger partial charge is 0.246 e. The Labute approximate surface area is 79.8 Å². The van der Waals surface area contributed by atoms with Crippen LogP contribution in [0.15, 0.2) is 12.2 Å². The van der Waals surface area contributed by atoms with Crippen molar-refractivity contribution in [2.75, 3.05) is 19.6 Å². The highest BCUT2D eigenvalue weighted by atomic mass is 16.2. The topological polar surface area (TPSA) is 32.3 Å². The first-order valence-corrected chi connectivity index (χ1v) is 4.93. The molecule has 1 saturated heterocycles. The fourth-order valence-corrected chi connectivity index (χ4v) is 1.74. The minimum Gasteiger partial charge on any atom is -0.335 e. The molecule has 0 aliphatic carbocycles. The van der Waals surface area contributed by atoms with E-state index < -0.39 is 0 Å². The lowest BCUT2D eigenvalue weighted by atomic mass is 10.2. The van der Waals surface area contributed by atoms with Gasteiger partial charge in [0.05, 0.1) is 0 Å². The molecular formula is C10H18N2O. The summed E-state index contributed by atoms with van der Waals surface area (Å²) in [6.07, 6.45) is 4.52. The fourth-order valence-electron chi connectivity index (χ4n) is 1.74. The van der Waals surface area contributed by atoms with Gasteiger partial charge >= 0.3 is 0 Å². The van der Waals surface area contributed by atoms with Crippen LogP contribution in [-0.2, 0) is 4.79 Å². The summed E-state index contributed by atoms with van der Waals surface area (Å²) in [6.45, 7) is 6.68. The molecular weight excluding hydrogens is 164 g/mol. The van der Waals surface area contributed by atoms with Crippen LogP contribution in [0.1, 0.15) is 20.3 Å². The Hall–Kier alpha value is -0.830. The van der Waals surface area contributed by atoms with E-state index in [1.165, 1.54) is 0 Å². The van der Waals surface area contributed by atoms with Crippen molar-refractivity contribution in [3.05, 3.63) is 12.2 Å². The minimum absolute atomic E-state index is 0.138. The Morgan fingerprint density at radius 2 is 2.46 bits per heavy atom. The predicted octanol–water partition coefficient (Wildman–Crippen LogP) is 0.773.